The Morgan fingerprint density at radius 2 is 0.969 bits per heavy atom. The molecule has 0 unspecified atom stereocenters. The van der Waals surface area contributed by atoms with Crippen LogP contribution in [0.25, 0.3) is 0 Å². The van der Waals surface area contributed by atoms with E-state index in [9.17, 15) is 30.3 Å². The first-order chi connectivity index (χ1) is 31.8. The van der Waals surface area contributed by atoms with Gasteiger partial charge >= 0.3 is 0 Å². The van der Waals surface area contributed by atoms with Crippen molar-refractivity contribution in [2.24, 2.45) is 5.92 Å². The number of carbonyl (C=O) groups excluding carboxylic acids is 1. The molecule has 1 saturated heterocycles. The minimum absolute atomic E-state index is 0.221. The third-order valence-electron chi connectivity index (χ3n) is 14.5. The van der Waals surface area contributed by atoms with Crippen LogP contribution in [0.2, 0.25) is 0 Å². The predicted octanol–water partition coefficient (Wildman–Crippen LogP) is 12.3. The van der Waals surface area contributed by atoms with Crippen LogP contribution < -0.4 is 5.32 Å². The van der Waals surface area contributed by atoms with Gasteiger partial charge in [-0.2, -0.15) is 0 Å². The average Bonchev–Trinajstić information content (AvgIpc) is 3.29. The van der Waals surface area contributed by atoms with Crippen LogP contribution in [0.15, 0.2) is 0 Å². The van der Waals surface area contributed by atoms with Gasteiger partial charge < -0.3 is 45.1 Å². The topological polar surface area (TPSA) is 158 Å². The number of unbranched alkanes of at least 4 members (excludes halogenated alkanes) is 33. The van der Waals surface area contributed by atoms with Crippen LogP contribution in [-0.2, 0) is 19.0 Å². The van der Waals surface area contributed by atoms with E-state index in [-0.39, 0.29) is 12.5 Å². The van der Waals surface area contributed by atoms with Gasteiger partial charge in [-0.15, -0.1) is 0 Å². The minimum Gasteiger partial charge on any atom is -0.394 e. The number of aliphatic hydroxyl groups is 5. The van der Waals surface area contributed by atoms with E-state index in [1.165, 1.54) is 186 Å². The van der Waals surface area contributed by atoms with Crippen molar-refractivity contribution in [3.05, 3.63) is 0 Å². The predicted molar refractivity (Wildman–Crippen MR) is 267 cm³/mol. The van der Waals surface area contributed by atoms with E-state index in [4.69, 9.17) is 14.2 Å². The van der Waals surface area contributed by atoms with Crippen molar-refractivity contribution >= 4 is 5.91 Å². The Labute approximate surface area is 399 Å². The summed E-state index contributed by atoms with van der Waals surface area (Å²) in [6.45, 7) is 4.28. The Balaban J connectivity index is 1.64. The molecule has 1 aliphatic carbocycles. The molecule has 1 saturated carbocycles. The van der Waals surface area contributed by atoms with Gasteiger partial charge in [-0.3, -0.25) is 4.79 Å². The van der Waals surface area contributed by atoms with E-state index in [0.717, 1.165) is 57.8 Å². The summed E-state index contributed by atoms with van der Waals surface area (Å²) in [5.74, 6) is 0.185. The SMILES string of the molecule is CCCCCCCCCCCCCCCCCCCCCCCCCC(=O)N[C@@H](CO[C@H]1O[C@H](CO)[C@H](OCC2CCC2)[C@H](O)[C@H]1O)[C@H](O)[C@H](O)CCCCCCCCCCCCCC. The molecule has 10 nitrogen and oxygen atoms in total. The van der Waals surface area contributed by atoms with Gasteiger partial charge in [0.25, 0.3) is 0 Å². The molecule has 6 N–H and O–H groups in total. The average molecular weight is 926 g/mol. The summed E-state index contributed by atoms with van der Waals surface area (Å²) in [4.78, 5) is 13.2. The molecule has 0 aromatic heterocycles. The highest BCUT2D eigenvalue weighted by atomic mass is 16.7. The van der Waals surface area contributed by atoms with E-state index in [1.807, 2.05) is 0 Å². The fourth-order valence-corrected chi connectivity index (χ4v) is 9.71. The molecule has 0 bridgehead atoms. The molecule has 8 atom stereocenters. The van der Waals surface area contributed by atoms with E-state index < -0.39 is 55.6 Å². The largest absolute Gasteiger partial charge is 0.394 e. The summed E-state index contributed by atoms with van der Waals surface area (Å²) in [6, 6.07) is -0.951. The van der Waals surface area contributed by atoms with Crippen molar-refractivity contribution in [1.82, 2.24) is 5.32 Å². The molecule has 0 radical (unpaired) electrons. The second-order valence-electron chi connectivity index (χ2n) is 20.6. The van der Waals surface area contributed by atoms with Gasteiger partial charge in [0, 0.05) is 6.42 Å². The number of ether oxygens (including phenoxy) is 3. The lowest BCUT2D eigenvalue weighted by Crippen LogP contribution is -2.61. The molecule has 2 aliphatic rings. The molecule has 1 aliphatic heterocycles. The first kappa shape index (κ1) is 60.3. The first-order valence-corrected chi connectivity index (χ1v) is 28.3. The van der Waals surface area contributed by atoms with Gasteiger partial charge in [0.1, 0.15) is 30.5 Å². The van der Waals surface area contributed by atoms with Crippen LogP contribution in [0.3, 0.4) is 0 Å². The quantitative estimate of drug-likeness (QED) is 0.0327. The highest BCUT2D eigenvalue weighted by molar-refractivity contribution is 5.76. The van der Waals surface area contributed by atoms with Crippen molar-refractivity contribution in [3.8, 4) is 0 Å². The van der Waals surface area contributed by atoms with Crippen molar-refractivity contribution in [3.63, 3.8) is 0 Å². The van der Waals surface area contributed by atoms with E-state index in [2.05, 4.69) is 19.2 Å². The number of nitrogens with one attached hydrogen (secondary N) is 1. The lowest BCUT2D eigenvalue weighted by Gasteiger charge is -2.43. The summed E-state index contributed by atoms with van der Waals surface area (Å²) >= 11 is 0. The maximum Gasteiger partial charge on any atom is 0.220 e. The first-order valence-electron chi connectivity index (χ1n) is 28.3. The molecule has 386 valence electrons. The molecule has 2 rings (SSSR count). The Bertz CT molecular complexity index is 1050. The monoisotopic (exact) mass is 926 g/mol. The molecule has 10 heteroatoms. The summed E-state index contributed by atoms with van der Waals surface area (Å²) in [7, 11) is 0. The van der Waals surface area contributed by atoms with E-state index >= 15 is 0 Å². The van der Waals surface area contributed by atoms with Crippen LogP contribution in [0.5, 0.6) is 0 Å². The Kier molecular flexibility index (Phi) is 39.0. The van der Waals surface area contributed by atoms with Crippen LogP contribution in [0.1, 0.15) is 271 Å². The van der Waals surface area contributed by atoms with Gasteiger partial charge in [-0.05, 0) is 31.6 Å². The van der Waals surface area contributed by atoms with Crippen molar-refractivity contribution < 1.29 is 44.5 Å². The Hall–Kier alpha value is -0.850. The van der Waals surface area contributed by atoms with Crippen LogP contribution in [0, 0.1) is 5.92 Å². The molecular weight excluding hydrogens is 819 g/mol. The lowest BCUT2D eigenvalue weighted by molar-refractivity contribution is -0.310. The number of carbonyl (C=O) groups is 1. The molecular formula is C55H107NO9. The Morgan fingerprint density at radius 3 is 1.35 bits per heavy atom. The fourth-order valence-electron chi connectivity index (χ4n) is 9.71. The molecule has 0 aromatic carbocycles. The summed E-state index contributed by atoms with van der Waals surface area (Å²) < 4.78 is 17.7. The van der Waals surface area contributed by atoms with Crippen LogP contribution in [-0.4, -0.2) is 100 Å². The fraction of sp³-hybridized carbons (Fsp3) is 0.982. The number of amides is 1. The number of hydrogen-bond acceptors (Lipinski definition) is 9. The minimum atomic E-state index is -1.46. The maximum absolute atomic E-state index is 13.2. The number of hydrogen-bond donors (Lipinski definition) is 6. The normalized spacial score (nSPS) is 21.6. The van der Waals surface area contributed by atoms with E-state index in [0.29, 0.717) is 25.4 Å². The summed E-state index contributed by atoms with van der Waals surface area (Å²) in [6.07, 6.45) is 40.4. The smallest absolute Gasteiger partial charge is 0.220 e. The standard InChI is InChI=1S/C55H107NO9/c1-3-5-7-9-11-13-15-17-18-19-20-21-22-23-24-25-26-27-29-31-33-35-37-42-50(59)56-47(51(60)48(58)41-36-34-32-30-28-16-14-12-10-8-6-4-2)45-64-55-53(62)52(61)54(49(43-57)65-55)63-44-46-39-38-40-46/h46-49,51-55,57-58,60-62H,3-45H2,1-2H3,(H,56,59)/t47-,48+,49+,51-,52+,53+,54-,55-/m0/s1. The van der Waals surface area contributed by atoms with Crippen molar-refractivity contribution in [2.45, 2.75) is 320 Å². The maximum atomic E-state index is 13.2. The second kappa shape index (κ2) is 42.1. The molecule has 65 heavy (non-hydrogen) atoms. The summed E-state index contributed by atoms with van der Waals surface area (Å²) in [5, 5.41) is 57.3. The van der Waals surface area contributed by atoms with Gasteiger partial charge in [0.15, 0.2) is 6.29 Å². The van der Waals surface area contributed by atoms with Gasteiger partial charge in [0.2, 0.25) is 5.91 Å². The molecule has 1 amide bonds. The Morgan fingerprint density at radius 1 is 0.569 bits per heavy atom. The zero-order valence-corrected chi connectivity index (χ0v) is 42.5. The second-order valence-corrected chi connectivity index (χ2v) is 20.6. The van der Waals surface area contributed by atoms with Gasteiger partial charge in [-0.25, -0.2) is 0 Å². The van der Waals surface area contributed by atoms with Gasteiger partial charge in [-0.1, -0.05) is 239 Å². The zero-order chi connectivity index (χ0) is 47.0. The van der Waals surface area contributed by atoms with Crippen LogP contribution in [0.4, 0.5) is 0 Å². The number of aliphatic hydroxyl groups excluding tert-OH is 5. The third kappa shape index (κ3) is 30.4. The van der Waals surface area contributed by atoms with Crippen molar-refractivity contribution in [1.29, 1.82) is 0 Å². The molecule has 2 fully saturated rings. The van der Waals surface area contributed by atoms with Crippen molar-refractivity contribution in [2.75, 3.05) is 19.8 Å². The summed E-state index contributed by atoms with van der Waals surface area (Å²) in [5.41, 5.74) is 0. The van der Waals surface area contributed by atoms with Crippen LogP contribution >= 0.6 is 0 Å². The zero-order valence-electron chi connectivity index (χ0n) is 42.5. The van der Waals surface area contributed by atoms with E-state index in [1.54, 1.807) is 0 Å². The third-order valence-corrected chi connectivity index (χ3v) is 14.5. The van der Waals surface area contributed by atoms with Gasteiger partial charge in [0.05, 0.1) is 32.0 Å². The highest BCUT2D eigenvalue weighted by Gasteiger charge is 2.46. The molecule has 1 heterocycles. The highest BCUT2D eigenvalue weighted by Crippen LogP contribution is 2.30. The molecule has 0 aromatic rings. The molecule has 0 spiro atoms. The lowest BCUT2D eigenvalue weighted by atomic mass is 9.86. The number of rotatable bonds is 47.